The van der Waals surface area contributed by atoms with Gasteiger partial charge in [0.25, 0.3) is 0 Å². The Morgan fingerprint density at radius 2 is 2.04 bits per heavy atom. The van der Waals surface area contributed by atoms with Crippen molar-refractivity contribution in [1.29, 1.82) is 0 Å². The number of thiazole rings is 1. The number of nitrogens with zero attached hydrogens (tertiary/aromatic N) is 2. The Hall–Kier alpha value is -1.89. The molecule has 0 atom stereocenters. The number of amides is 2. The number of urea groups is 1. The summed E-state index contributed by atoms with van der Waals surface area (Å²) >= 11 is 1.64. The van der Waals surface area contributed by atoms with Crippen molar-refractivity contribution in [3.05, 3.63) is 33.1 Å². The maximum atomic E-state index is 11.8. The third-order valence-electron chi connectivity index (χ3n) is 3.55. The van der Waals surface area contributed by atoms with Gasteiger partial charge in [-0.2, -0.15) is 0 Å². The van der Waals surface area contributed by atoms with Gasteiger partial charge in [-0.05, 0) is 13.8 Å². The Kier molecular flexibility index (Phi) is 5.41. The van der Waals surface area contributed by atoms with Crippen LogP contribution >= 0.6 is 11.3 Å². The van der Waals surface area contributed by atoms with Crippen molar-refractivity contribution in [2.24, 2.45) is 0 Å². The van der Waals surface area contributed by atoms with Crippen molar-refractivity contribution >= 4 is 17.4 Å². The van der Waals surface area contributed by atoms with E-state index in [2.05, 4.69) is 46.9 Å². The number of nitrogens with one attached hydrogen (secondary N) is 2. The van der Waals surface area contributed by atoms with Crippen LogP contribution in [0.3, 0.4) is 0 Å². The minimum atomic E-state index is -0.197. The molecule has 2 aromatic rings. The van der Waals surface area contributed by atoms with Crippen LogP contribution in [0.2, 0.25) is 0 Å². The van der Waals surface area contributed by atoms with Crippen LogP contribution in [0.4, 0.5) is 4.79 Å². The number of aryl methyl sites for hydroxylation is 2. The molecule has 126 valence electrons. The van der Waals surface area contributed by atoms with E-state index in [1.807, 2.05) is 13.8 Å². The molecular formula is C16H24N4O2S. The SMILES string of the molecule is Cc1noc(C)c1CNC(=O)NCCc1nc(C(C)(C)C)cs1. The highest BCUT2D eigenvalue weighted by Crippen LogP contribution is 2.23. The van der Waals surface area contributed by atoms with E-state index in [4.69, 9.17) is 4.52 Å². The second-order valence-corrected chi connectivity index (χ2v) is 7.48. The molecule has 0 aromatic carbocycles. The van der Waals surface area contributed by atoms with E-state index in [0.29, 0.717) is 13.1 Å². The molecule has 2 heterocycles. The zero-order chi connectivity index (χ0) is 17.0. The molecule has 2 N–H and O–H groups in total. The Morgan fingerprint density at radius 3 is 2.61 bits per heavy atom. The molecule has 2 amide bonds. The highest BCUT2D eigenvalue weighted by Gasteiger charge is 2.17. The van der Waals surface area contributed by atoms with Gasteiger partial charge >= 0.3 is 6.03 Å². The second kappa shape index (κ2) is 7.12. The first-order valence-corrected chi connectivity index (χ1v) is 8.53. The quantitative estimate of drug-likeness (QED) is 0.879. The molecule has 0 unspecified atom stereocenters. The minimum absolute atomic E-state index is 0.0634. The molecule has 0 bridgehead atoms. The predicted molar refractivity (Wildman–Crippen MR) is 90.7 cm³/mol. The fourth-order valence-corrected chi connectivity index (χ4v) is 3.06. The first-order valence-electron chi connectivity index (χ1n) is 7.65. The smallest absolute Gasteiger partial charge is 0.315 e. The summed E-state index contributed by atoms with van der Waals surface area (Å²) in [6.07, 6.45) is 0.736. The van der Waals surface area contributed by atoms with Crippen LogP contribution in [0.5, 0.6) is 0 Å². The maximum absolute atomic E-state index is 11.8. The van der Waals surface area contributed by atoms with E-state index in [-0.39, 0.29) is 11.4 Å². The minimum Gasteiger partial charge on any atom is -0.361 e. The first-order chi connectivity index (χ1) is 10.8. The van der Waals surface area contributed by atoms with Crippen LogP contribution in [0.25, 0.3) is 0 Å². The van der Waals surface area contributed by atoms with Gasteiger partial charge in [0.05, 0.1) is 16.4 Å². The van der Waals surface area contributed by atoms with Gasteiger partial charge in [-0.15, -0.1) is 11.3 Å². The fourth-order valence-electron chi connectivity index (χ4n) is 2.04. The third-order valence-corrected chi connectivity index (χ3v) is 4.46. The normalized spacial score (nSPS) is 11.5. The fraction of sp³-hybridized carbons (Fsp3) is 0.562. The summed E-state index contributed by atoms with van der Waals surface area (Å²) in [5.41, 5.74) is 2.89. The average Bonchev–Trinajstić information content (AvgIpc) is 3.05. The van der Waals surface area contributed by atoms with E-state index >= 15 is 0 Å². The van der Waals surface area contributed by atoms with Gasteiger partial charge in [-0.3, -0.25) is 0 Å². The molecule has 6 nitrogen and oxygen atoms in total. The number of aromatic nitrogens is 2. The van der Waals surface area contributed by atoms with Crippen LogP contribution in [0.1, 0.15) is 48.5 Å². The molecule has 0 aliphatic carbocycles. The highest BCUT2D eigenvalue weighted by atomic mass is 32.1. The summed E-state index contributed by atoms with van der Waals surface area (Å²) in [6.45, 7) is 11.1. The van der Waals surface area contributed by atoms with Crippen molar-refractivity contribution < 1.29 is 9.32 Å². The van der Waals surface area contributed by atoms with Crippen molar-refractivity contribution in [3.63, 3.8) is 0 Å². The van der Waals surface area contributed by atoms with E-state index in [9.17, 15) is 4.79 Å². The van der Waals surface area contributed by atoms with Gasteiger partial charge in [0.1, 0.15) is 5.76 Å². The molecule has 0 spiro atoms. The van der Waals surface area contributed by atoms with Gasteiger partial charge < -0.3 is 15.2 Å². The summed E-state index contributed by atoms with van der Waals surface area (Å²) < 4.78 is 5.07. The summed E-state index contributed by atoms with van der Waals surface area (Å²) in [7, 11) is 0. The summed E-state index contributed by atoms with van der Waals surface area (Å²) in [6, 6.07) is -0.197. The predicted octanol–water partition coefficient (Wildman–Crippen LogP) is 3.09. The molecule has 23 heavy (non-hydrogen) atoms. The summed E-state index contributed by atoms with van der Waals surface area (Å²) in [4.78, 5) is 16.4. The van der Waals surface area contributed by atoms with E-state index in [1.54, 1.807) is 11.3 Å². The van der Waals surface area contributed by atoms with Gasteiger partial charge in [-0.25, -0.2) is 9.78 Å². The Labute approximate surface area is 140 Å². The lowest BCUT2D eigenvalue weighted by atomic mass is 9.93. The van der Waals surface area contributed by atoms with E-state index < -0.39 is 0 Å². The molecular weight excluding hydrogens is 312 g/mol. The van der Waals surface area contributed by atoms with Gasteiger partial charge in [0, 0.05) is 35.9 Å². The van der Waals surface area contributed by atoms with Crippen LogP contribution in [0.15, 0.2) is 9.90 Å². The number of hydrogen-bond acceptors (Lipinski definition) is 5. The lowest BCUT2D eigenvalue weighted by Crippen LogP contribution is -2.36. The summed E-state index contributed by atoms with van der Waals surface area (Å²) in [5, 5.41) is 12.7. The molecule has 0 aliphatic rings. The lowest BCUT2D eigenvalue weighted by Gasteiger charge is -2.14. The highest BCUT2D eigenvalue weighted by molar-refractivity contribution is 7.09. The Balaban J connectivity index is 1.74. The Morgan fingerprint density at radius 1 is 1.30 bits per heavy atom. The number of carbonyl (C=O) groups is 1. The summed E-state index contributed by atoms with van der Waals surface area (Å²) in [5.74, 6) is 0.736. The molecule has 0 fully saturated rings. The zero-order valence-electron chi connectivity index (χ0n) is 14.3. The first kappa shape index (κ1) is 17.5. The van der Waals surface area contributed by atoms with Gasteiger partial charge in [-0.1, -0.05) is 25.9 Å². The monoisotopic (exact) mass is 336 g/mol. The van der Waals surface area contributed by atoms with E-state index in [1.165, 1.54) is 0 Å². The van der Waals surface area contributed by atoms with Crippen LogP contribution in [-0.2, 0) is 18.4 Å². The molecule has 7 heteroatoms. The lowest BCUT2D eigenvalue weighted by molar-refractivity contribution is 0.240. The molecule has 2 aromatic heterocycles. The number of carbonyl (C=O) groups excluding carboxylic acids is 1. The van der Waals surface area contributed by atoms with Crippen LogP contribution in [0, 0.1) is 13.8 Å². The zero-order valence-corrected chi connectivity index (χ0v) is 15.1. The van der Waals surface area contributed by atoms with Crippen molar-refractivity contribution in [1.82, 2.24) is 20.8 Å². The molecule has 0 aliphatic heterocycles. The second-order valence-electron chi connectivity index (χ2n) is 6.54. The van der Waals surface area contributed by atoms with Crippen molar-refractivity contribution in [2.45, 2.75) is 53.0 Å². The Bertz CT molecular complexity index is 650. The third kappa shape index (κ3) is 4.79. The van der Waals surface area contributed by atoms with Crippen molar-refractivity contribution in [3.8, 4) is 0 Å². The molecule has 2 rings (SSSR count). The molecule has 0 saturated heterocycles. The standard InChI is InChI=1S/C16H24N4O2S/c1-10-12(11(2)22-20-10)8-18-15(21)17-7-6-14-19-13(9-23-14)16(3,4)5/h9H,6-8H2,1-5H3,(H2,17,18,21). The number of rotatable bonds is 5. The van der Waals surface area contributed by atoms with Crippen molar-refractivity contribution in [2.75, 3.05) is 6.54 Å². The topological polar surface area (TPSA) is 80.0 Å². The van der Waals surface area contributed by atoms with Gasteiger partial charge in [0.2, 0.25) is 0 Å². The number of hydrogen-bond donors (Lipinski definition) is 2. The van der Waals surface area contributed by atoms with Crippen LogP contribution < -0.4 is 10.6 Å². The van der Waals surface area contributed by atoms with Gasteiger partial charge in [0.15, 0.2) is 0 Å². The molecule has 0 radical (unpaired) electrons. The largest absolute Gasteiger partial charge is 0.361 e. The maximum Gasteiger partial charge on any atom is 0.315 e. The van der Waals surface area contributed by atoms with Crippen LogP contribution in [-0.4, -0.2) is 22.7 Å². The molecule has 0 saturated carbocycles. The average molecular weight is 336 g/mol. The van der Waals surface area contributed by atoms with E-state index in [0.717, 1.165) is 34.1 Å².